The van der Waals surface area contributed by atoms with E-state index in [1.807, 2.05) is 6.07 Å². The number of amides is 1. The molecule has 1 amide bonds. The Morgan fingerprint density at radius 2 is 1.76 bits per heavy atom. The molecule has 1 aromatic rings. The molecular weight excluding hydrogens is 427 g/mol. The van der Waals surface area contributed by atoms with Gasteiger partial charge in [0.1, 0.15) is 11.9 Å². The van der Waals surface area contributed by atoms with Gasteiger partial charge in [0.25, 0.3) is 0 Å². The maximum absolute atomic E-state index is 12.9. The normalized spacial score (nSPS) is 28.2. The van der Waals surface area contributed by atoms with Gasteiger partial charge in [0.15, 0.2) is 0 Å². The van der Waals surface area contributed by atoms with Crippen molar-refractivity contribution in [1.82, 2.24) is 9.88 Å². The molecule has 7 nitrogen and oxygen atoms in total. The maximum Gasteiger partial charge on any atom is 0.496 e. The fraction of sp³-hybridized carbons (Fsp3) is 0.731. The van der Waals surface area contributed by atoms with Crippen LogP contribution in [0.3, 0.4) is 0 Å². The van der Waals surface area contributed by atoms with Crippen LogP contribution in [-0.2, 0) is 14.1 Å². The minimum atomic E-state index is -0.513. The lowest BCUT2D eigenvalue weighted by molar-refractivity contribution is -0.135. The molecular formula is C26H35BN4O3. The summed E-state index contributed by atoms with van der Waals surface area (Å²) in [4.78, 5) is 22.5. The lowest BCUT2D eigenvalue weighted by atomic mass is 9.76. The smallest absolute Gasteiger partial charge is 0.399 e. The van der Waals surface area contributed by atoms with E-state index in [2.05, 4.69) is 43.6 Å². The molecule has 3 saturated carbocycles. The van der Waals surface area contributed by atoms with Gasteiger partial charge >= 0.3 is 7.12 Å². The van der Waals surface area contributed by atoms with Gasteiger partial charge in [0, 0.05) is 42.6 Å². The number of piperazine rings is 1. The predicted molar refractivity (Wildman–Crippen MR) is 130 cm³/mol. The standard InChI is InChI=1S/C26H35BN4O3/c1-25(2)26(3,4)34-27(33-25)20-13-19(14-28)23(29-22(20)17-7-8-17)30-11-12-31(24(32)18-9-10-18)21(15-30)16-5-6-16/h13,16-18,21H,5-12,15H2,1-4H3. The zero-order valence-corrected chi connectivity index (χ0v) is 20.8. The average Bonchev–Trinajstić information content (AvgIpc) is 3.65. The Balaban J connectivity index is 1.31. The molecule has 5 aliphatic rings. The van der Waals surface area contributed by atoms with Crippen molar-refractivity contribution in [2.24, 2.45) is 11.8 Å². The summed E-state index contributed by atoms with van der Waals surface area (Å²) >= 11 is 0. The molecule has 0 spiro atoms. The molecule has 3 heterocycles. The van der Waals surface area contributed by atoms with Crippen molar-refractivity contribution in [1.29, 1.82) is 5.26 Å². The number of rotatable bonds is 5. The first-order valence-corrected chi connectivity index (χ1v) is 13.0. The van der Waals surface area contributed by atoms with E-state index in [0.717, 1.165) is 62.3 Å². The van der Waals surface area contributed by atoms with Crippen molar-refractivity contribution in [3.05, 3.63) is 17.3 Å². The Morgan fingerprint density at radius 3 is 2.32 bits per heavy atom. The highest BCUT2D eigenvalue weighted by Crippen LogP contribution is 2.43. The van der Waals surface area contributed by atoms with E-state index in [9.17, 15) is 10.1 Å². The van der Waals surface area contributed by atoms with Crippen LogP contribution < -0.4 is 10.4 Å². The summed E-state index contributed by atoms with van der Waals surface area (Å²) in [6, 6.07) is 4.61. The van der Waals surface area contributed by atoms with E-state index in [0.29, 0.717) is 23.3 Å². The molecule has 180 valence electrons. The fourth-order valence-electron chi connectivity index (χ4n) is 5.42. The molecule has 0 N–H and O–H groups in total. The van der Waals surface area contributed by atoms with Crippen molar-refractivity contribution >= 4 is 24.3 Å². The van der Waals surface area contributed by atoms with Crippen LogP contribution in [0.4, 0.5) is 5.82 Å². The zero-order valence-electron chi connectivity index (χ0n) is 20.8. The first kappa shape index (κ1) is 22.4. The van der Waals surface area contributed by atoms with Gasteiger partial charge in [-0.3, -0.25) is 4.79 Å². The second kappa shape index (κ2) is 7.70. The minimum Gasteiger partial charge on any atom is -0.399 e. The van der Waals surface area contributed by atoms with Crippen LogP contribution in [0.2, 0.25) is 0 Å². The SMILES string of the molecule is CC1(C)OB(c2cc(C#N)c(N3CCN(C(=O)C4CC4)C(C4CC4)C3)nc2C2CC2)OC1(C)C. The first-order valence-electron chi connectivity index (χ1n) is 13.0. The quantitative estimate of drug-likeness (QED) is 0.627. The van der Waals surface area contributed by atoms with Crippen molar-refractivity contribution in [3.63, 3.8) is 0 Å². The summed E-state index contributed by atoms with van der Waals surface area (Å²) in [6.07, 6.45) is 6.70. The molecule has 5 fully saturated rings. The van der Waals surface area contributed by atoms with Crippen molar-refractivity contribution < 1.29 is 14.1 Å². The lowest BCUT2D eigenvalue weighted by Gasteiger charge is -2.43. The number of nitriles is 1. The summed E-state index contributed by atoms with van der Waals surface area (Å²) in [5.74, 6) is 2.36. The molecule has 1 unspecified atom stereocenters. The van der Waals surface area contributed by atoms with E-state index >= 15 is 0 Å². The molecule has 0 aromatic carbocycles. The second-order valence-corrected chi connectivity index (χ2v) is 12.0. The van der Waals surface area contributed by atoms with Crippen LogP contribution in [0, 0.1) is 23.2 Å². The molecule has 3 aliphatic carbocycles. The zero-order chi connectivity index (χ0) is 23.8. The van der Waals surface area contributed by atoms with Crippen molar-refractivity contribution in [2.45, 2.75) is 89.4 Å². The summed E-state index contributed by atoms with van der Waals surface area (Å²) in [6.45, 7) is 10.4. The van der Waals surface area contributed by atoms with Gasteiger partial charge < -0.3 is 19.1 Å². The molecule has 0 bridgehead atoms. The summed E-state index contributed by atoms with van der Waals surface area (Å²) in [7, 11) is -0.513. The highest BCUT2D eigenvalue weighted by Gasteiger charge is 2.53. The number of nitrogens with zero attached hydrogens (tertiary/aromatic N) is 4. The number of carbonyl (C=O) groups excluding carboxylic acids is 1. The monoisotopic (exact) mass is 462 g/mol. The molecule has 6 rings (SSSR count). The van der Waals surface area contributed by atoms with Gasteiger partial charge in [-0.2, -0.15) is 5.26 Å². The molecule has 2 aliphatic heterocycles. The number of anilines is 1. The summed E-state index contributed by atoms with van der Waals surface area (Å²) in [5.41, 5.74) is 1.62. The van der Waals surface area contributed by atoms with E-state index in [1.54, 1.807) is 0 Å². The van der Waals surface area contributed by atoms with Gasteiger partial charge in [-0.1, -0.05) is 0 Å². The molecule has 1 aromatic heterocycles. The Bertz CT molecular complexity index is 1040. The van der Waals surface area contributed by atoms with Gasteiger partial charge in [-0.15, -0.1) is 0 Å². The average molecular weight is 462 g/mol. The van der Waals surface area contributed by atoms with Gasteiger partial charge in [0.2, 0.25) is 5.91 Å². The highest BCUT2D eigenvalue weighted by molar-refractivity contribution is 6.62. The van der Waals surface area contributed by atoms with Crippen LogP contribution in [0.1, 0.15) is 83.4 Å². The Morgan fingerprint density at radius 1 is 1.09 bits per heavy atom. The molecule has 0 radical (unpaired) electrons. The summed E-state index contributed by atoms with van der Waals surface area (Å²) < 4.78 is 12.7. The van der Waals surface area contributed by atoms with Crippen LogP contribution in [0.15, 0.2) is 6.07 Å². The maximum atomic E-state index is 12.9. The van der Waals surface area contributed by atoms with E-state index in [1.165, 1.54) is 12.8 Å². The Labute approximate surface area is 202 Å². The molecule has 8 heteroatoms. The van der Waals surface area contributed by atoms with Crippen LogP contribution >= 0.6 is 0 Å². The number of aromatic nitrogens is 1. The third-order valence-electron chi connectivity index (χ3n) is 8.75. The van der Waals surface area contributed by atoms with Gasteiger partial charge in [-0.25, -0.2) is 4.98 Å². The Kier molecular flexibility index (Phi) is 5.06. The number of hydrogen-bond acceptors (Lipinski definition) is 6. The van der Waals surface area contributed by atoms with Crippen LogP contribution in [0.25, 0.3) is 0 Å². The Hall–Kier alpha value is -2.11. The highest BCUT2D eigenvalue weighted by atomic mass is 16.7. The van der Waals surface area contributed by atoms with Crippen molar-refractivity contribution in [2.75, 3.05) is 24.5 Å². The van der Waals surface area contributed by atoms with Gasteiger partial charge in [-0.05, 0) is 78.2 Å². The lowest BCUT2D eigenvalue weighted by Crippen LogP contribution is -2.57. The summed E-state index contributed by atoms with van der Waals surface area (Å²) in [5, 5.41) is 10.1. The molecule has 34 heavy (non-hydrogen) atoms. The van der Waals surface area contributed by atoms with Crippen LogP contribution in [0.5, 0.6) is 0 Å². The van der Waals surface area contributed by atoms with E-state index in [4.69, 9.17) is 14.3 Å². The second-order valence-electron chi connectivity index (χ2n) is 12.0. The number of pyridine rings is 1. The number of carbonyl (C=O) groups is 1. The van der Waals surface area contributed by atoms with Crippen LogP contribution in [-0.4, -0.2) is 59.8 Å². The molecule has 1 atom stereocenters. The molecule has 2 saturated heterocycles. The van der Waals surface area contributed by atoms with E-state index < -0.39 is 18.3 Å². The largest absolute Gasteiger partial charge is 0.496 e. The van der Waals surface area contributed by atoms with Crippen molar-refractivity contribution in [3.8, 4) is 6.07 Å². The fourth-order valence-corrected chi connectivity index (χ4v) is 5.42. The minimum absolute atomic E-state index is 0.238. The third kappa shape index (κ3) is 3.81. The number of hydrogen-bond donors (Lipinski definition) is 0. The van der Waals surface area contributed by atoms with E-state index in [-0.39, 0.29) is 12.0 Å². The van der Waals surface area contributed by atoms with Gasteiger partial charge in [0.05, 0.1) is 22.8 Å². The first-order chi connectivity index (χ1) is 16.2. The topological polar surface area (TPSA) is 78.7 Å². The third-order valence-corrected chi connectivity index (χ3v) is 8.75. The predicted octanol–water partition coefficient (Wildman–Crippen LogP) is 2.97.